The Kier molecular flexibility index (Phi) is 4.50. The highest BCUT2D eigenvalue weighted by Gasteiger charge is 2.33. The van der Waals surface area contributed by atoms with E-state index in [0.29, 0.717) is 13.0 Å². The van der Waals surface area contributed by atoms with Gasteiger partial charge in [-0.1, -0.05) is 6.07 Å². The Morgan fingerprint density at radius 1 is 1.29 bits per heavy atom. The molecule has 1 aliphatic heterocycles. The van der Waals surface area contributed by atoms with Crippen LogP contribution in [0.15, 0.2) is 18.2 Å². The Morgan fingerprint density at radius 2 is 2.00 bits per heavy atom. The van der Waals surface area contributed by atoms with E-state index in [1.807, 2.05) is 45.9 Å². The van der Waals surface area contributed by atoms with E-state index in [1.54, 1.807) is 4.90 Å². The molecule has 21 heavy (non-hydrogen) atoms. The molecule has 0 saturated carbocycles. The van der Waals surface area contributed by atoms with Gasteiger partial charge in [-0.05, 0) is 57.4 Å². The van der Waals surface area contributed by atoms with Gasteiger partial charge in [0, 0.05) is 18.3 Å². The summed E-state index contributed by atoms with van der Waals surface area (Å²) in [4.78, 5) is 25.9. The Hall–Kier alpha value is -2.04. The molecular formula is C16H23N3O2. The second-order valence-corrected chi connectivity index (χ2v) is 5.87. The largest absolute Gasteiger partial charge is 0.336 e. The van der Waals surface area contributed by atoms with Gasteiger partial charge in [0.15, 0.2) is 0 Å². The number of hydrogen-bond donors (Lipinski definition) is 2. The number of nitrogens with one attached hydrogen (secondary N) is 2. The molecule has 1 aliphatic rings. The first-order valence-corrected chi connectivity index (χ1v) is 7.34. The summed E-state index contributed by atoms with van der Waals surface area (Å²) in [5.41, 5.74) is 3.27. The minimum absolute atomic E-state index is 0.0443. The molecule has 0 bridgehead atoms. The zero-order valence-electron chi connectivity index (χ0n) is 13.1. The summed E-state index contributed by atoms with van der Waals surface area (Å²) in [5.74, 6) is -0.0443. The molecule has 3 amide bonds. The zero-order valence-corrected chi connectivity index (χ0v) is 13.1. The Morgan fingerprint density at radius 3 is 2.62 bits per heavy atom. The van der Waals surface area contributed by atoms with Crippen molar-refractivity contribution < 1.29 is 9.59 Å². The molecule has 1 saturated heterocycles. The maximum Gasteiger partial charge on any atom is 0.315 e. The summed E-state index contributed by atoms with van der Waals surface area (Å²) >= 11 is 0. The van der Waals surface area contributed by atoms with Crippen LogP contribution in [0.25, 0.3) is 0 Å². The van der Waals surface area contributed by atoms with Gasteiger partial charge in [0.1, 0.15) is 6.04 Å². The summed E-state index contributed by atoms with van der Waals surface area (Å²) in [5, 5.41) is 5.49. The minimum atomic E-state index is -0.439. The number of benzene rings is 1. The quantitative estimate of drug-likeness (QED) is 0.895. The number of nitrogens with zero attached hydrogens (tertiary/aromatic N) is 1. The minimum Gasteiger partial charge on any atom is -0.336 e. The fourth-order valence-corrected chi connectivity index (χ4v) is 2.43. The second kappa shape index (κ2) is 6.16. The van der Waals surface area contributed by atoms with Crippen LogP contribution in [0.2, 0.25) is 0 Å². The molecule has 1 aromatic rings. The molecule has 0 aromatic heterocycles. The standard InChI is InChI=1S/C16H23N3O2/c1-10(2)17-16(21)18-14-7-8-19(15(14)20)13-6-5-11(3)12(4)9-13/h5-6,9-10,14H,7-8H2,1-4H3,(H2,17,18,21). The summed E-state index contributed by atoms with van der Waals surface area (Å²) in [6.07, 6.45) is 0.636. The van der Waals surface area contributed by atoms with Gasteiger partial charge in [0.05, 0.1) is 0 Å². The van der Waals surface area contributed by atoms with Crippen molar-refractivity contribution in [1.82, 2.24) is 10.6 Å². The fraction of sp³-hybridized carbons (Fsp3) is 0.500. The lowest BCUT2D eigenvalue weighted by Crippen LogP contribution is -2.47. The van der Waals surface area contributed by atoms with E-state index in [1.165, 1.54) is 5.56 Å². The molecule has 1 atom stereocenters. The van der Waals surface area contributed by atoms with Gasteiger partial charge in [-0.2, -0.15) is 0 Å². The summed E-state index contributed by atoms with van der Waals surface area (Å²) < 4.78 is 0. The van der Waals surface area contributed by atoms with Gasteiger partial charge < -0.3 is 15.5 Å². The Bertz CT molecular complexity index is 554. The average molecular weight is 289 g/mol. The lowest BCUT2D eigenvalue weighted by atomic mass is 10.1. The normalized spacial score (nSPS) is 18.2. The highest BCUT2D eigenvalue weighted by Crippen LogP contribution is 2.24. The van der Waals surface area contributed by atoms with E-state index >= 15 is 0 Å². The summed E-state index contributed by atoms with van der Waals surface area (Å²) in [6.45, 7) is 8.49. The van der Waals surface area contributed by atoms with Crippen molar-refractivity contribution in [2.24, 2.45) is 0 Å². The Balaban J connectivity index is 2.04. The first-order chi connectivity index (χ1) is 9.88. The molecule has 1 fully saturated rings. The SMILES string of the molecule is Cc1ccc(N2CCC(NC(=O)NC(C)C)C2=O)cc1C. The fourth-order valence-electron chi connectivity index (χ4n) is 2.43. The van der Waals surface area contributed by atoms with Crippen molar-refractivity contribution >= 4 is 17.6 Å². The van der Waals surface area contributed by atoms with Crippen LogP contribution >= 0.6 is 0 Å². The van der Waals surface area contributed by atoms with Crippen LogP contribution in [-0.4, -0.2) is 30.6 Å². The van der Waals surface area contributed by atoms with E-state index in [-0.39, 0.29) is 18.0 Å². The molecule has 1 aromatic carbocycles. The summed E-state index contributed by atoms with van der Waals surface area (Å²) in [6, 6.07) is 5.32. The molecule has 0 radical (unpaired) electrons. The molecule has 1 heterocycles. The van der Waals surface area contributed by atoms with Crippen LogP contribution < -0.4 is 15.5 Å². The van der Waals surface area contributed by atoms with E-state index < -0.39 is 6.04 Å². The van der Waals surface area contributed by atoms with Crippen molar-refractivity contribution in [2.45, 2.75) is 46.2 Å². The lowest BCUT2D eigenvalue weighted by molar-refractivity contribution is -0.118. The molecule has 0 aliphatic carbocycles. The monoisotopic (exact) mass is 289 g/mol. The smallest absolute Gasteiger partial charge is 0.315 e. The number of hydrogen-bond acceptors (Lipinski definition) is 2. The van der Waals surface area contributed by atoms with E-state index in [4.69, 9.17) is 0 Å². The van der Waals surface area contributed by atoms with Gasteiger partial charge in [-0.3, -0.25) is 4.79 Å². The third kappa shape index (κ3) is 3.54. The number of aryl methyl sites for hydroxylation is 2. The van der Waals surface area contributed by atoms with Crippen LogP contribution in [0.1, 0.15) is 31.4 Å². The molecule has 0 spiro atoms. The molecule has 2 rings (SSSR count). The topological polar surface area (TPSA) is 61.4 Å². The van der Waals surface area contributed by atoms with E-state index in [0.717, 1.165) is 11.3 Å². The first kappa shape index (κ1) is 15.4. The highest BCUT2D eigenvalue weighted by atomic mass is 16.2. The van der Waals surface area contributed by atoms with Gasteiger partial charge in [-0.25, -0.2) is 4.79 Å². The third-order valence-electron chi connectivity index (χ3n) is 3.73. The zero-order chi connectivity index (χ0) is 15.6. The second-order valence-electron chi connectivity index (χ2n) is 5.87. The van der Waals surface area contributed by atoms with Crippen molar-refractivity contribution in [3.63, 3.8) is 0 Å². The van der Waals surface area contributed by atoms with Crippen LogP contribution in [0, 0.1) is 13.8 Å². The van der Waals surface area contributed by atoms with Crippen LogP contribution in [0.3, 0.4) is 0 Å². The number of rotatable bonds is 3. The number of carbonyl (C=O) groups is 2. The molecule has 5 nitrogen and oxygen atoms in total. The van der Waals surface area contributed by atoms with Crippen molar-refractivity contribution in [2.75, 3.05) is 11.4 Å². The van der Waals surface area contributed by atoms with Crippen molar-refractivity contribution in [3.05, 3.63) is 29.3 Å². The van der Waals surface area contributed by atoms with Crippen LogP contribution in [0.4, 0.5) is 10.5 Å². The van der Waals surface area contributed by atoms with Crippen LogP contribution in [0.5, 0.6) is 0 Å². The number of amides is 3. The maximum absolute atomic E-state index is 12.4. The van der Waals surface area contributed by atoms with Crippen LogP contribution in [-0.2, 0) is 4.79 Å². The lowest BCUT2D eigenvalue weighted by Gasteiger charge is -2.19. The molecule has 2 N–H and O–H groups in total. The van der Waals surface area contributed by atoms with Crippen molar-refractivity contribution in [3.8, 4) is 0 Å². The van der Waals surface area contributed by atoms with Gasteiger partial charge in [0.2, 0.25) is 5.91 Å². The van der Waals surface area contributed by atoms with Crippen molar-refractivity contribution in [1.29, 1.82) is 0 Å². The number of carbonyl (C=O) groups excluding carboxylic acids is 2. The highest BCUT2D eigenvalue weighted by molar-refractivity contribution is 6.01. The first-order valence-electron chi connectivity index (χ1n) is 7.34. The number of urea groups is 1. The summed E-state index contributed by atoms with van der Waals surface area (Å²) in [7, 11) is 0. The van der Waals surface area contributed by atoms with Gasteiger partial charge in [-0.15, -0.1) is 0 Å². The predicted octanol–water partition coefficient (Wildman–Crippen LogP) is 2.12. The maximum atomic E-state index is 12.4. The predicted molar refractivity (Wildman–Crippen MR) is 83.5 cm³/mol. The molecule has 5 heteroatoms. The van der Waals surface area contributed by atoms with E-state index in [2.05, 4.69) is 10.6 Å². The molecule has 1 unspecified atom stereocenters. The van der Waals surface area contributed by atoms with E-state index in [9.17, 15) is 9.59 Å². The average Bonchev–Trinajstić information content (AvgIpc) is 2.74. The molecular weight excluding hydrogens is 266 g/mol. The molecule has 114 valence electrons. The third-order valence-corrected chi connectivity index (χ3v) is 3.73. The van der Waals surface area contributed by atoms with Gasteiger partial charge in [0.25, 0.3) is 0 Å². The van der Waals surface area contributed by atoms with Gasteiger partial charge >= 0.3 is 6.03 Å². The number of anilines is 1. The Labute approximate surface area is 125 Å².